The maximum atomic E-state index is 13.6. The number of nitrogens with zero attached hydrogens (tertiary/aromatic N) is 1. The van der Waals surface area contributed by atoms with Gasteiger partial charge in [0.15, 0.2) is 0 Å². The van der Waals surface area contributed by atoms with Gasteiger partial charge in [-0.2, -0.15) is 0 Å². The molecular weight excluding hydrogens is 387 g/mol. The molecule has 150 valence electrons. The van der Waals surface area contributed by atoms with Crippen LogP contribution in [0.3, 0.4) is 0 Å². The molecule has 1 amide bonds. The van der Waals surface area contributed by atoms with Gasteiger partial charge >= 0.3 is 0 Å². The second-order valence-corrected chi connectivity index (χ2v) is 7.98. The van der Waals surface area contributed by atoms with E-state index in [9.17, 15) is 17.6 Å². The van der Waals surface area contributed by atoms with E-state index in [1.54, 1.807) is 23.1 Å². The molecule has 0 atom stereocenters. The fourth-order valence-electron chi connectivity index (χ4n) is 3.17. The predicted octanol–water partition coefficient (Wildman–Crippen LogP) is 2.56. The van der Waals surface area contributed by atoms with Gasteiger partial charge in [0, 0.05) is 19.3 Å². The average Bonchev–Trinajstić information content (AvgIpc) is 2.67. The fraction of sp³-hybridized carbons (Fsp3) is 0.316. The summed E-state index contributed by atoms with van der Waals surface area (Å²) in [6.45, 7) is 0.471. The lowest BCUT2D eigenvalue weighted by atomic mass is 10.0. The maximum Gasteiger partial charge on any atom is 0.265 e. The number of hydrogen-bond donors (Lipinski definition) is 1. The molecule has 3 rings (SSSR count). The van der Waals surface area contributed by atoms with E-state index in [4.69, 9.17) is 9.47 Å². The molecule has 0 fully saturated rings. The molecule has 0 spiro atoms. The highest BCUT2D eigenvalue weighted by molar-refractivity contribution is 7.92. The second-order valence-electron chi connectivity index (χ2n) is 6.33. The van der Waals surface area contributed by atoms with Crippen molar-refractivity contribution in [3.05, 3.63) is 47.8 Å². The standard InChI is InChI=1S/C19H21FN2O5S/c1-26-12-19(23)22-9-3-4-13-5-7-15(11-16(13)22)21-28(24,25)18-10-14(20)6-8-17(18)27-2/h5-8,10-11,21H,3-4,9,12H2,1-2H3. The van der Waals surface area contributed by atoms with Crippen LogP contribution < -0.4 is 14.4 Å². The summed E-state index contributed by atoms with van der Waals surface area (Å²) in [5.74, 6) is -0.859. The highest BCUT2D eigenvalue weighted by Gasteiger charge is 2.25. The first-order valence-electron chi connectivity index (χ1n) is 8.64. The minimum atomic E-state index is -4.10. The van der Waals surface area contributed by atoms with Crippen molar-refractivity contribution in [3.63, 3.8) is 0 Å². The number of hydrogen-bond acceptors (Lipinski definition) is 5. The van der Waals surface area contributed by atoms with Crippen molar-refractivity contribution in [2.24, 2.45) is 0 Å². The maximum absolute atomic E-state index is 13.6. The molecule has 0 unspecified atom stereocenters. The normalized spacial score (nSPS) is 13.8. The molecule has 1 aliphatic rings. The lowest BCUT2D eigenvalue weighted by Crippen LogP contribution is -2.37. The van der Waals surface area contributed by atoms with Gasteiger partial charge in [-0.3, -0.25) is 9.52 Å². The lowest BCUT2D eigenvalue weighted by Gasteiger charge is -2.30. The third kappa shape index (κ3) is 4.10. The average molecular weight is 408 g/mol. The van der Waals surface area contributed by atoms with E-state index in [-0.39, 0.29) is 28.8 Å². The Morgan fingerprint density at radius 3 is 2.71 bits per heavy atom. The SMILES string of the molecule is COCC(=O)N1CCCc2ccc(NS(=O)(=O)c3cc(F)ccc3OC)cc21. The molecule has 0 aliphatic carbocycles. The number of nitrogens with one attached hydrogen (secondary N) is 1. The Balaban J connectivity index is 1.94. The smallest absolute Gasteiger partial charge is 0.265 e. The summed E-state index contributed by atoms with van der Waals surface area (Å²) in [4.78, 5) is 13.6. The van der Waals surface area contributed by atoms with Gasteiger partial charge in [0.1, 0.15) is 23.1 Å². The van der Waals surface area contributed by atoms with Crippen molar-refractivity contribution in [1.29, 1.82) is 0 Å². The molecule has 0 saturated heterocycles. The van der Waals surface area contributed by atoms with Crippen molar-refractivity contribution in [1.82, 2.24) is 0 Å². The molecule has 0 radical (unpaired) electrons. The lowest BCUT2D eigenvalue weighted by molar-refractivity contribution is -0.122. The molecule has 2 aromatic rings. The van der Waals surface area contributed by atoms with E-state index in [0.717, 1.165) is 30.5 Å². The van der Waals surface area contributed by atoms with Crippen LogP contribution in [-0.4, -0.2) is 41.7 Å². The third-order valence-corrected chi connectivity index (χ3v) is 5.84. The van der Waals surface area contributed by atoms with Gasteiger partial charge in [0.05, 0.1) is 12.8 Å². The molecule has 0 bridgehead atoms. The zero-order valence-corrected chi connectivity index (χ0v) is 16.4. The Labute approximate surface area is 163 Å². The monoisotopic (exact) mass is 408 g/mol. The number of fused-ring (bicyclic) bond motifs is 1. The molecule has 2 aromatic carbocycles. The van der Waals surface area contributed by atoms with Crippen LogP contribution in [0.15, 0.2) is 41.3 Å². The molecule has 1 N–H and O–H groups in total. The number of anilines is 2. The summed E-state index contributed by atoms with van der Waals surface area (Å²) in [6.07, 6.45) is 1.60. The molecule has 0 aromatic heterocycles. The van der Waals surface area contributed by atoms with E-state index < -0.39 is 15.8 Å². The van der Waals surface area contributed by atoms with E-state index >= 15 is 0 Å². The molecule has 7 nitrogen and oxygen atoms in total. The van der Waals surface area contributed by atoms with Crippen LogP contribution >= 0.6 is 0 Å². The summed E-state index contributed by atoms with van der Waals surface area (Å²) < 4.78 is 51.5. The number of aryl methyl sites for hydroxylation is 1. The second kappa shape index (κ2) is 8.15. The summed E-state index contributed by atoms with van der Waals surface area (Å²) in [5, 5.41) is 0. The van der Waals surface area contributed by atoms with Gasteiger partial charge in [-0.25, -0.2) is 12.8 Å². The molecule has 1 aliphatic heterocycles. The van der Waals surface area contributed by atoms with Gasteiger partial charge in [-0.05, 0) is 48.7 Å². The Morgan fingerprint density at radius 2 is 2.00 bits per heavy atom. The Morgan fingerprint density at radius 1 is 1.21 bits per heavy atom. The van der Waals surface area contributed by atoms with Crippen molar-refractivity contribution in [2.45, 2.75) is 17.7 Å². The van der Waals surface area contributed by atoms with Crippen LogP contribution in [0.4, 0.5) is 15.8 Å². The minimum absolute atomic E-state index is 0.0313. The summed E-state index contributed by atoms with van der Waals surface area (Å²) in [6, 6.07) is 8.27. The zero-order valence-electron chi connectivity index (χ0n) is 15.6. The van der Waals surface area contributed by atoms with Gasteiger partial charge in [0.2, 0.25) is 0 Å². The van der Waals surface area contributed by atoms with Crippen LogP contribution in [0.1, 0.15) is 12.0 Å². The van der Waals surface area contributed by atoms with E-state index in [2.05, 4.69) is 4.72 Å². The highest BCUT2D eigenvalue weighted by Crippen LogP contribution is 2.32. The van der Waals surface area contributed by atoms with Crippen LogP contribution in [-0.2, 0) is 26.0 Å². The first kappa shape index (κ1) is 20.1. The zero-order chi connectivity index (χ0) is 20.3. The number of carbonyl (C=O) groups excluding carboxylic acids is 1. The number of amides is 1. The molecule has 9 heteroatoms. The number of halogens is 1. The fourth-order valence-corrected chi connectivity index (χ4v) is 4.40. The third-order valence-electron chi connectivity index (χ3n) is 4.44. The van der Waals surface area contributed by atoms with Gasteiger partial charge < -0.3 is 14.4 Å². The minimum Gasteiger partial charge on any atom is -0.495 e. The first-order chi connectivity index (χ1) is 13.4. The Bertz CT molecular complexity index is 994. The van der Waals surface area contributed by atoms with E-state index in [0.29, 0.717) is 12.2 Å². The topological polar surface area (TPSA) is 84.9 Å². The number of sulfonamides is 1. The predicted molar refractivity (Wildman–Crippen MR) is 103 cm³/mol. The molecule has 0 saturated carbocycles. The summed E-state index contributed by atoms with van der Waals surface area (Å²) >= 11 is 0. The number of ether oxygens (including phenoxy) is 2. The van der Waals surface area contributed by atoms with Crippen LogP contribution in [0, 0.1) is 5.82 Å². The quantitative estimate of drug-likeness (QED) is 0.794. The van der Waals surface area contributed by atoms with Gasteiger partial charge in [-0.15, -0.1) is 0 Å². The summed E-state index contributed by atoms with van der Waals surface area (Å²) in [7, 11) is -1.34. The van der Waals surface area contributed by atoms with Gasteiger partial charge in [0.25, 0.3) is 15.9 Å². The van der Waals surface area contributed by atoms with Crippen molar-refractivity contribution in [2.75, 3.05) is 37.0 Å². The van der Waals surface area contributed by atoms with Crippen LogP contribution in [0.2, 0.25) is 0 Å². The van der Waals surface area contributed by atoms with Crippen molar-refractivity contribution in [3.8, 4) is 5.75 Å². The highest BCUT2D eigenvalue weighted by atomic mass is 32.2. The molecule has 28 heavy (non-hydrogen) atoms. The number of carbonyl (C=O) groups is 1. The van der Waals surface area contributed by atoms with E-state index in [1.165, 1.54) is 20.3 Å². The summed E-state index contributed by atoms with van der Waals surface area (Å²) in [5.41, 5.74) is 1.85. The van der Waals surface area contributed by atoms with Crippen molar-refractivity contribution >= 4 is 27.3 Å². The number of benzene rings is 2. The van der Waals surface area contributed by atoms with E-state index in [1.807, 2.05) is 0 Å². The number of rotatable bonds is 6. The van der Waals surface area contributed by atoms with Crippen LogP contribution in [0.5, 0.6) is 5.75 Å². The Hall–Kier alpha value is -2.65. The van der Waals surface area contributed by atoms with Crippen molar-refractivity contribution < 1.29 is 27.1 Å². The number of methoxy groups -OCH3 is 2. The Kier molecular flexibility index (Phi) is 5.85. The molecular formula is C19H21FN2O5S. The first-order valence-corrected chi connectivity index (χ1v) is 10.1. The molecule has 1 heterocycles. The van der Waals surface area contributed by atoms with Crippen LogP contribution in [0.25, 0.3) is 0 Å². The largest absolute Gasteiger partial charge is 0.495 e. The van der Waals surface area contributed by atoms with Gasteiger partial charge in [-0.1, -0.05) is 6.07 Å².